The van der Waals surface area contributed by atoms with Crippen LogP contribution in [0.2, 0.25) is 0 Å². The molecule has 1 unspecified atom stereocenters. The average Bonchev–Trinajstić information content (AvgIpc) is 2.57. The summed E-state index contributed by atoms with van der Waals surface area (Å²) in [5.41, 5.74) is 0.868. The van der Waals surface area contributed by atoms with Crippen LogP contribution in [0.25, 0.3) is 0 Å². The van der Waals surface area contributed by atoms with Gasteiger partial charge in [0.15, 0.2) is 0 Å². The van der Waals surface area contributed by atoms with E-state index in [1.54, 1.807) is 0 Å². The van der Waals surface area contributed by atoms with Gasteiger partial charge >= 0.3 is 6.03 Å². The van der Waals surface area contributed by atoms with Crippen molar-refractivity contribution < 1.29 is 9.53 Å². The fraction of sp³-hybridized carbons (Fsp3) is 0.688. The van der Waals surface area contributed by atoms with Gasteiger partial charge in [-0.1, -0.05) is 0 Å². The highest BCUT2D eigenvalue weighted by Crippen LogP contribution is 2.18. The first-order chi connectivity index (χ1) is 11.1. The molecule has 7 heteroatoms. The molecule has 3 rings (SSSR count). The molecule has 1 aromatic rings. The number of piperidine rings is 1. The van der Waals surface area contributed by atoms with Gasteiger partial charge in [-0.15, -0.1) is 5.10 Å². The van der Waals surface area contributed by atoms with Crippen LogP contribution in [0.5, 0.6) is 5.88 Å². The number of hydrogen-bond donors (Lipinski definition) is 0. The van der Waals surface area contributed by atoms with E-state index >= 15 is 0 Å². The number of likely N-dealkylation sites (tertiary alicyclic amines) is 1. The van der Waals surface area contributed by atoms with E-state index < -0.39 is 0 Å². The number of urea groups is 1. The van der Waals surface area contributed by atoms with E-state index in [2.05, 4.69) is 22.1 Å². The Labute approximate surface area is 137 Å². The highest BCUT2D eigenvalue weighted by Gasteiger charge is 2.29. The van der Waals surface area contributed by atoms with E-state index in [1.807, 2.05) is 28.9 Å². The molecular formula is C16H25N5O2. The number of ether oxygens (including phenoxy) is 1. The summed E-state index contributed by atoms with van der Waals surface area (Å²) < 4.78 is 5.90. The lowest BCUT2D eigenvalue weighted by molar-refractivity contribution is 0.0726. The summed E-state index contributed by atoms with van der Waals surface area (Å²) >= 11 is 0. The van der Waals surface area contributed by atoms with Crippen LogP contribution in [0.15, 0.2) is 12.1 Å². The molecule has 23 heavy (non-hydrogen) atoms. The Hall–Kier alpha value is -1.89. The maximum absolute atomic E-state index is 12.7. The van der Waals surface area contributed by atoms with Crippen molar-refractivity contribution in [3.63, 3.8) is 0 Å². The van der Waals surface area contributed by atoms with Crippen molar-refractivity contribution in [2.24, 2.45) is 0 Å². The Morgan fingerprint density at radius 2 is 1.91 bits per heavy atom. The first-order valence-electron chi connectivity index (χ1n) is 8.31. The van der Waals surface area contributed by atoms with Gasteiger partial charge in [0.2, 0.25) is 5.88 Å². The van der Waals surface area contributed by atoms with Gasteiger partial charge in [0.25, 0.3) is 0 Å². The van der Waals surface area contributed by atoms with Crippen molar-refractivity contribution in [1.82, 2.24) is 24.9 Å². The molecule has 3 heterocycles. The Balaban J connectivity index is 1.55. The molecule has 2 aliphatic rings. The molecule has 0 aromatic carbocycles. The number of carbonyl (C=O) groups is 1. The number of hydrogen-bond acceptors (Lipinski definition) is 5. The normalized spacial score (nSPS) is 23.0. The minimum atomic E-state index is -0.00262. The predicted molar refractivity (Wildman–Crippen MR) is 86.5 cm³/mol. The summed E-state index contributed by atoms with van der Waals surface area (Å²) in [4.78, 5) is 18.8. The summed E-state index contributed by atoms with van der Waals surface area (Å²) in [6, 6.07) is 3.86. The fourth-order valence-corrected chi connectivity index (χ4v) is 3.03. The van der Waals surface area contributed by atoms with Crippen LogP contribution in [0.4, 0.5) is 4.79 Å². The third-order valence-corrected chi connectivity index (χ3v) is 4.48. The second-order valence-electron chi connectivity index (χ2n) is 6.41. The molecule has 0 aliphatic carbocycles. The molecule has 0 radical (unpaired) electrons. The summed E-state index contributed by atoms with van der Waals surface area (Å²) in [5, 5.41) is 8.06. The molecule has 2 amide bonds. The Bertz CT molecular complexity index is 528. The molecule has 2 fully saturated rings. The molecule has 2 aliphatic heterocycles. The van der Waals surface area contributed by atoms with E-state index in [-0.39, 0.29) is 12.1 Å². The van der Waals surface area contributed by atoms with Gasteiger partial charge in [0.05, 0.1) is 12.2 Å². The largest absolute Gasteiger partial charge is 0.471 e. The Morgan fingerprint density at radius 1 is 1.13 bits per heavy atom. The third kappa shape index (κ3) is 4.10. The zero-order valence-electron chi connectivity index (χ0n) is 13.9. The lowest BCUT2D eigenvalue weighted by atomic mass is 10.1. The van der Waals surface area contributed by atoms with Crippen molar-refractivity contribution in [1.29, 1.82) is 0 Å². The fourth-order valence-electron chi connectivity index (χ4n) is 3.03. The standard InChI is InChI=1S/C16H25N5O2/c1-13-5-6-15(18-17-13)23-14-4-3-7-21(12-14)16(22)20-10-8-19(2)9-11-20/h5-6,14H,3-4,7-12H2,1-2H3. The van der Waals surface area contributed by atoms with Crippen LogP contribution in [-0.2, 0) is 0 Å². The van der Waals surface area contributed by atoms with E-state index in [9.17, 15) is 4.79 Å². The van der Waals surface area contributed by atoms with Gasteiger partial charge < -0.3 is 19.4 Å². The zero-order valence-corrected chi connectivity index (χ0v) is 13.9. The van der Waals surface area contributed by atoms with Crippen molar-refractivity contribution >= 4 is 6.03 Å². The number of carbonyl (C=O) groups excluding carboxylic acids is 1. The molecule has 7 nitrogen and oxygen atoms in total. The molecule has 126 valence electrons. The molecule has 0 N–H and O–H groups in total. The average molecular weight is 319 g/mol. The SMILES string of the molecule is Cc1ccc(OC2CCCN(C(=O)N3CCN(C)CC3)C2)nn1. The number of likely N-dealkylation sites (N-methyl/N-ethyl adjacent to an activating group) is 1. The van der Waals surface area contributed by atoms with Crippen LogP contribution in [-0.4, -0.2) is 83.3 Å². The van der Waals surface area contributed by atoms with Crippen molar-refractivity contribution in [2.45, 2.75) is 25.9 Å². The number of amides is 2. The van der Waals surface area contributed by atoms with Crippen molar-refractivity contribution in [3.05, 3.63) is 17.8 Å². The number of aryl methyl sites for hydroxylation is 1. The second kappa shape index (κ2) is 7.12. The topological polar surface area (TPSA) is 61.8 Å². The predicted octanol–water partition coefficient (Wildman–Crippen LogP) is 0.996. The van der Waals surface area contributed by atoms with Gasteiger partial charge in [-0.05, 0) is 32.9 Å². The van der Waals surface area contributed by atoms with Crippen LogP contribution in [0, 0.1) is 6.92 Å². The van der Waals surface area contributed by atoms with Gasteiger partial charge in [-0.25, -0.2) is 4.79 Å². The number of nitrogens with zero attached hydrogens (tertiary/aromatic N) is 5. The Kier molecular flexibility index (Phi) is 4.95. The molecule has 0 saturated carbocycles. The number of aromatic nitrogens is 2. The molecule has 1 atom stereocenters. The smallest absolute Gasteiger partial charge is 0.320 e. The summed E-state index contributed by atoms with van der Waals surface area (Å²) in [6.45, 7) is 6.83. The van der Waals surface area contributed by atoms with Gasteiger partial charge in [-0.3, -0.25) is 0 Å². The number of piperazine rings is 1. The Morgan fingerprint density at radius 3 is 2.61 bits per heavy atom. The highest BCUT2D eigenvalue weighted by atomic mass is 16.5. The molecule has 0 spiro atoms. The van der Waals surface area contributed by atoms with Gasteiger partial charge in [0, 0.05) is 38.8 Å². The van der Waals surface area contributed by atoms with Crippen LogP contribution >= 0.6 is 0 Å². The molecule has 0 bridgehead atoms. The molecule has 1 aromatic heterocycles. The number of rotatable bonds is 2. The second-order valence-corrected chi connectivity index (χ2v) is 6.41. The quantitative estimate of drug-likeness (QED) is 0.814. The lowest BCUT2D eigenvalue weighted by Crippen LogP contribution is -2.54. The van der Waals surface area contributed by atoms with Gasteiger partial charge in [-0.2, -0.15) is 5.10 Å². The van der Waals surface area contributed by atoms with Crippen LogP contribution in [0.3, 0.4) is 0 Å². The van der Waals surface area contributed by atoms with Crippen LogP contribution in [0.1, 0.15) is 18.5 Å². The molecule has 2 saturated heterocycles. The maximum Gasteiger partial charge on any atom is 0.320 e. The van der Waals surface area contributed by atoms with Crippen molar-refractivity contribution in [3.8, 4) is 5.88 Å². The first-order valence-corrected chi connectivity index (χ1v) is 8.31. The maximum atomic E-state index is 12.7. The van der Waals surface area contributed by atoms with Gasteiger partial charge in [0.1, 0.15) is 6.10 Å². The van der Waals surface area contributed by atoms with E-state index in [4.69, 9.17) is 4.74 Å². The zero-order chi connectivity index (χ0) is 16.2. The van der Waals surface area contributed by atoms with E-state index in [1.165, 1.54) is 0 Å². The van der Waals surface area contributed by atoms with E-state index in [0.29, 0.717) is 12.4 Å². The summed E-state index contributed by atoms with van der Waals surface area (Å²) in [6.07, 6.45) is 1.91. The minimum Gasteiger partial charge on any atom is -0.471 e. The lowest BCUT2D eigenvalue weighted by Gasteiger charge is -2.39. The third-order valence-electron chi connectivity index (χ3n) is 4.48. The van der Waals surface area contributed by atoms with Crippen molar-refractivity contribution in [2.75, 3.05) is 46.3 Å². The molecular weight excluding hydrogens is 294 g/mol. The monoisotopic (exact) mass is 319 g/mol. The summed E-state index contributed by atoms with van der Waals surface area (Å²) in [5.74, 6) is 0.537. The summed E-state index contributed by atoms with van der Waals surface area (Å²) in [7, 11) is 2.09. The minimum absolute atomic E-state index is 0.00262. The highest BCUT2D eigenvalue weighted by molar-refractivity contribution is 5.74. The van der Waals surface area contributed by atoms with Crippen LogP contribution < -0.4 is 4.74 Å². The first kappa shape index (κ1) is 16.0. The van der Waals surface area contributed by atoms with E-state index in [0.717, 1.165) is 51.3 Å².